The summed E-state index contributed by atoms with van der Waals surface area (Å²) in [7, 11) is 1.61. The molecule has 0 spiro atoms. The Morgan fingerprint density at radius 3 is 2.48 bits per heavy atom. The fraction of sp³-hybridized carbons (Fsp3) is 0.500. The maximum absolute atomic E-state index is 13.2. The number of nitrogens with zero attached hydrogens (tertiary/aromatic N) is 4. The summed E-state index contributed by atoms with van der Waals surface area (Å²) in [5, 5.41) is 7.22. The topological polar surface area (TPSA) is 96.8 Å². The highest BCUT2D eigenvalue weighted by Crippen LogP contribution is 2.33. The Labute approximate surface area is 193 Å². The van der Waals surface area contributed by atoms with Gasteiger partial charge in [0.05, 0.1) is 12.8 Å². The standard InChI is InChI=1S/C24H31N5O4/c1-17-8-14-28(26-17)16-21(30)27-12-10-19(11-13-27)24(2)22(31)29(23(32)25-24)15-9-18-4-6-20(33-3)7-5-18/h4-8,14,19H,9-13,15-16H2,1-3H3,(H,25,32). The molecule has 9 heteroatoms. The van der Waals surface area contributed by atoms with Crippen LogP contribution in [0.4, 0.5) is 4.79 Å². The first-order valence-electron chi connectivity index (χ1n) is 11.3. The van der Waals surface area contributed by atoms with Gasteiger partial charge in [0, 0.05) is 25.8 Å². The number of imide groups is 1. The van der Waals surface area contributed by atoms with Crippen molar-refractivity contribution in [2.24, 2.45) is 5.92 Å². The van der Waals surface area contributed by atoms with Crippen molar-refractivity contribution in [2.75, 3.05) is 26.7 Å². The van der Waals surface area contributed by atoms with Crippen LogP contribution in [0.3, 0.4) is 0 Å². The Kier molecular flexibility index (Phi) is 6.40. The Balaban J connectivity index is 1.32. The van der Waals surface area contributed by atoms with Gasteiger partial charge in [0.2, 0.25) is 5.91 Å². The predicted octanol–water partition coefficient (Wildman–Crippen LogP) is 1.99. The maximum Gasteiger partial charge on any atom is 0.325 e. The van der Waals surface area contributed by atoms with Crippen LogP contribution in [0.25, 0.3) is 0 Å². The fourth-order valence-corrected chi connectivity index (χ4v) is 4.72. The molecular formula is C24H31N5O4. The smallest absolute Gasteiger partial charge is 0.325 e. The highest BCUT2D eigenvalue weighted by Gasteiger charge is 2.52. The van der Waals surface area contributed by atoms with Gasteiger partial charge < -0.3 is 15.0 Å². The molecule has 0 bridgehead atoms. The number of aryl methyl sites for hydroxylation is 1. The van der Waals surface area contributed by atoms with Crippen molar-refractivity contribution in [2.45, 2.75) is 45.2 Å². The highest BCUT2D eigenvalue weighted by molar-refractivity contribution is 6.07. The number of aromatic nitrogens is 2. The summed E-state index contributed by atoms with van der Waals surface area (Å²) in [6, 6.07) is 9.14. The van der Waals surface area contributed by atoms with Crippen molar-refractivity contribution in [1.29, 1.82) is 0 Å². The molecule has 3 heterocycles. The molecule has 2 aliphatic rings. The monoisotopic (exact) mass is 453 g/mol. The van der Waals surface area contributed by atoms with E-state index in [0.717, 1.165) is 17.0 Å². The van der Waals surface area contributed by atoms with Crippen LogP contribution in [0, 0.1) is 12.8 Å². The van der Waals surface area contributed by atoms with E-state index >= 15 is 0 Å². The van der Waals surface area contributed by atoms with Crippen molar-refractivity contribution in [3.8, 4) is 5.75 Å². The van der Waals surface area contributed by atoms with Crippen molar-refractivity contribution >= 4 is 17.8 Å². The molecule has 33 heavy (non-hydrogen) atoms. The second-order valence-electron chi connectivity index (χ2n) is 9.00. The molecule has 0 radical (unpaired) electrons. The molecule has 176 valence electrons. The van der Waals surface area contributed by atoms with Gasteiger partial charge in [-0.05, 0) is 62.8 Å². The van der Waals surface area contributed by atoms with Crippen LogP contribution in [0.2, 0.25) is 0 Å². The van der Waals surface area contributed by atoms with Crippen molar-refractivity contribution in [3.63, 3.8) is 0 Å². The lowest BCUT2D eigenvalue weighted by Gasteiger charge is -2.38. The number of methoxy groups -OCH3 is 1. The third-order valence-electron chi connectivity index (χ3n) is 6.82. The molecule has 1 aromatic carbocycles. The van der Waals surface area contributed by atoms with E-state index in [4.69, 9.17) is 4.74 Å². The Morgan fingerprint density at radius 1 is 1.18 bits per heavy atom. The molecule has 0 aliphatic carbocycles. The molecule has 2 saturated heterocycles. The summed E-state index contributed by atoms with van der Waals surface area (Å²) in [6.45, 7) is 5.37. The van der Waals surface area contributed by atoms with Crippen LogP contribution < -0.4 is 10.1 Å². The normalized spacial score (nSPS) is 21.4. The van der Waals surface area contributed by atoms with Crippen LogP contribution in [-0.2, 0) is 22.6 Å². The van der Waals surface area contributed by atoms with E-state index in [9.17, 15) is 14.4 Å². The molecular weight excluding hydrogens is 422 g/mol. The van der Waals surface area contributed by atoms with Crippen LogP contribution in [-0.4, -0.2) is 69.7 Å². The Hall–Kier alpha value is -3.36. The fourth-order valence-electron chi connectivity index (χ4n) is 4.72. The van der Waals surface area contributed by atoms with Crippen LogP contribution in [0.5, 0.6) is 5.75 Å². The molecule has 1 N–H and O–H groups in total. The minimum Gasteiger partial charge on any atom is -0.497 e. The molecule has 2 aromatic rings. The second-order valence-corrected chi connectivity index (χ2v) is 9.00. The quantitative estimate of drug-likeness (QED) is 0.647. The van der Waals surface area contributed by atoms with E-state index in [1.165, 1.54) is 4.90 Å². The number of benzene rings is 1. The number of ether oxygens (including phenoxy) is 1. The molecule has 2 fully saturated rings. The van der Waals surface area contributed by atoms with Gasteiger partial charge in [-0.2, -0.15) is 5.10 Å². The minimum absolute atomic E-state index is 0.0177. The third kappa shape index (κ3) is 4.72. The number of hydrogen-bond donors (Lipinski definition) is 1. The average Bonchev–Trinajstić information content (AvgIpc) is 3.32. The molecule has 1 atom stereocenters. The molecule has 4 rings (SSSR count). The van der Waals surface area contributed by atoms with Gasteiger partial charge in [-0.15, -0.1) is 0 Å². The number of piperidine rings is 1. The number of carbonyl (C=O) groups excluding carboxylic acids is 3. The molecule has 4 amide bonds. The van der Waals surface area contributed by atoms with E-state index in [-0.39, 0.29) is 30.3 Å². The van der Waals surface area contributed by atoms with E-state index in [0.29, 0.717) is 38.9 Å². The first kappa shape index (κ1) is 22.8. The maximum atomic E-state index is 13.2. The SMILES string of the molecule is COc1ccc(CCN2C(=O)NC(C)(C3CCN(C(=O)Cn4ccc(C)n4)CC3)C2=O)cc1. The number of likely N-dealkylation sites (tertiary alicyclic amines) is 1. The number of urea groups is 1. The zero-order chi connectivity index (χ0) is 23.6. The largest absolute Gasteiger partial charge is 0.497 e. The van der Waals surface area contributed by atoms with Crippen molar-refractivity contribution in [1.82, 2.24) is 24.9 Å². The van der Waals surface area contributed by atoms with Crippen molar-refractivity contribution in [3.05, 3.63) is 47.8 Å². The van der Waals surface area contributed by atoms with E-state index < -0.39 is 5.54 Å². The molecule has 1 aromatic heterocycles. The van der Waals surface area contributed by atoms with Gasteiger partial charge in [-0.1, -0.05) is 12.1 Å². The van der Waals surface area contributed by atoms with Crippen LogP contribution >= 0.6 is 0 Å². The minimum atomic E-state index is -0.939. The average molecular weight is 454 g/mol. The van der Waals surface area contributed by atoms with E-state index in [1.54, 1.807) is 18.0 Å². The number of rotatable bonds is 7. The van der Waals surface area contributed by atoms with Gasteiger partial charge in [0.25, 0.3) is 5.91 Å². The second kappa shape index (κ2) is 9.25. The van der Waals surface area contributed by atoms with Gasteiger partial charge >= 0.3 is 6.03 Å². The number of nitrogens with one attached hydrogen (secondary N) is 1. The summed E-state index contributed by atoms with van der Waals surface area (Å²) in [6.07, 6.45) is 3.71. The summed E-state index contributed by atoms with van der Waals surface area (Å²) in [5.41, 5.74) is 0.969. The van der Waals surface area contributed by atoms with Crippen LogP contribution in [0.1, 0.15) is 31.0 Å². The zero-order valence-electron chi connectivity index (χ0n) is 19.4. The molecule has 9 nitrogen and oxygen atoms in total. The first-order chi connectivity index (χ1) is 15.8. The predicted molar refractivity (Wildman–Crippen MR) is 122 cm³/mol. The summed E-state index contributed by atoms with van der Waals surface area (Å²) < 4.78 is 6.82. The van der Waals surface area contributed by atoms with E-state index in [1.807, 2.05) is 49.1 Å². The molecule has 2 aliphatic heterocycles. The third-order valence-corrected chi connectivity index (χ3v) is 6.82. The summed E-state index contributed by atoms with van der Waals surface area (Å²) in [4.78, 5) is 41.7. The van der Waals surface area contributed by atoms with Gasteiger partial charge in [0.15, 0.2) is 0 Å². The van der Waals surface area contributed by atoms with Crippen molar-refractivity contribution < 1.29 is 19.1 Å². The van der Waals surface area contributed by atoms with Crippen LogP contribution in [0.15, 0.2) is 36.5 Å². The highest BCUT2D eigenvalue weighted by atomic mass is 16.5. The zero-order valence-corrected chi connectivity index (χ0v) is 19.4. The number of hydrogen-bond acceptors (Lipinski definition) is 5. The summed E-state index contributed by atoms with van der Waals surface area (Å²) >= 11 is 0. The first-order valence-corrected chi connectivity index (χ1v) is 11.3. The molecule has 0 saturated carbocycles. The summed E-state index contributed by atoms with van der Waals surface area (Å²) in [5.74, 6) is 0.587. The lowest BCUT2D eigenvalue weighted by Crippen LogP contribution is -2.54. The van der Waals surface area contributed by atoms with E-state index in [2.05, 4.69) is 10.4 Å². The lowest BCUT2D eigenvalue weighted by atomic mass is 9.79. The van der Waals surface area contributed by atoms with Gasteiger partial charge in [-0.25, -0.2) is 4.79 Å². The molecule has 1 unspecified atom stereocenters. The number of carbonyl (C=O) groups is 3. The lowest BCUT2D eigenvalue weighted by molar-refractivity contribution is -0.136. The number of amides is 4. The Morgan fingerprint density at radius 2 is 1.88 bits per heavy atom. The van der Waals surface area contributed by atoms with Gasteiger partial charge in [-0.3, -0.25) is 19.2 Å². The Bertz CT molecular complexity index is 1030. The van der Waals surface area contributed by atoms with Gasteiger partial charge in [0.1, 0.15) is 17.8 Å².